The van der Waals surface area contributed by atoms with Gasteiger partial charge in [-0.3, -0.25) is 0 Å². The molecule has 0 saturated carbocycles. The van der Waals surface area contributed by atoms with E-state index in [1.165, 1.54) is 12.3 Å². The van der Waals surface area contributed by atoms with E-state index in [9.17, 15) is 17.6 Å². The molecule has 3 nitrogen and oxygen atoms in total. The molecule has 0 radical (unpaired) electrons. The highest BCUT2D eigenvalue weighted by Crippen LogP contribution is 2.41. The van der Waals surface area contributed by atoms with E-state index in [1.807, 2.05) is 0 Å². The number of halogens is 6. The average molecular weight is 400 g/mol. The summed E-state index contributed by atoms with van der Waals surface area (Å²) in [7, 11) is 0. The molecular weight excluding hydrogens is 392 g/mol. The molecule has 0 amide bonds. The molecule has 0 spiro atoms. The number of nitrogen functional groups attached to an aromatic ring is 1. The van der Waals surface area contributed by atoms with Crippen molar-refractivity contribution in [3.05, 3.63) is 51.3 Å². The summed E-state index contributed by atoms with van der Waals surface area (Å²) in [5, 5.41) is -0.273. The maximum absolute atomic E-state index is 13.3. The van der Waals surface area contributed by atoms with Gasteiger partial charge < -0.3 is 10.5 Å². The highest BCUT2D eigenvalue weighted by molar-refractivity contribution is 9.10. The molecule has 2 aromatic rings. The van der Waals surface area contributed by atoms with Crippen molar-refractivity contribution >= 4 is 33.3 Å². The lowest BCUT2D eigenvalue weighted by Crippen LogP contribution is -2.27. The molecule has 1 unspecified atom stereocenters. The number of aromatic nitrogens is 1. The fourth-order valence-electron chi connectivity index (χ4n) is 1.67. The molecule has 1 heterocycles. The number of nitrogens with two attached hydrogens (primary N) is 1. The smallest absolute Gasteiger partial charge is 0.429 e. The molecule has 0 aliphatic carbocycles. The normalized spacial score (nSPS) is 13.0. The Hall–Kier alpha value is -1.54. The van der Waals surface area contributed by atoms with Crippen LogP contribution in [0.5, 0.6) is 5.75 Å². The zero-order valence-corrected chi connectivity index (χ0v) is 13.0. The zero-order chi connectivity index (χ0) is 16.5. The maximum Gasteiger partial charge on any atom is 0.429 e. The number of ether oxygens (including phenoxy) is 1. The Morgan fingerprint density at radius 3 is 2.59 bits per heavy atom. The molecular formula is C13H8BrClF4N2O. The van der Waals surface area contributed by atoms with Crippen molar-refractivity contribution in [2.24, 2.45) is 0 Å². The van der Waals surface area contributed by atoms with Crippen LogP contribution in [0.1, 0.15) is 11.7 Å². The first-order valence-corrected chi connectivity index (χ1v) is 6.95. The van der Waals surface area contributed by atoms with Crippen molar-refractivity contribution in [2.75, 3.05) is 5.73 Å². The van der Waals surface area contributed by atoms with Crippen LogP contribution in [0.15, 0.2) is 34.9 Å². The van der Waals surface area contributed by atoms with Crippen molar-refractivity contribution in [2.45, 2.75) is 12.3 Å². The first-order chi connectivity index (χ1) is 10.2. The van der Waals surface area contributed by atoms with Crippen LogP contribution in [0, 0.1) is 5.82 Å². The van der Waals surface area contributed by atoms with Crippen LogP contribution in [0.2, 0.25) is 5.02 Å². The SMILES string of the molecule is Nc1ncc(Br)cc1OC(c1cc(F)ccc1Cl)C(F)(F)F. The third-order valence-electron chi connectivity index (χ3n) is 2.63. The van der Waals surface area contributed by atoms with Gasteiger partial charge in [-0.1, -0.05) is 11.6 Å². The van der Waals surface area contributed by atoms with Gasteiger partial charge in [-0.2, -0.15) is 13.2 Å². The number of hydrogen-bond acceptors (Lipinski definition) is 3. The summed E-state index contributed by atoms with van der Waals surface area (Å²) in [4.78, 5) is 3.68. The lowest BCUT2D eigenvalue weighted by Gasteiger charge is -2.23. The molecule has 22 heavy (non-hydrogen) atoms. The minimum atomic E-state index is -4.83. The molecule has 0 fully saturated rings. The van der Waals surface area contributed by atoms with E-state index in [0.29, 0.717) is 10.5 Å². The van der Waals surface area contributed by atoms with Gasteiger partial charge in [0.2, 0.25) is 6.10 Å². The standard InChI is InChI=1S/C13H8BrClF4N2O/c14-6-3-10(12(20)21-5-6)22-11(13(17,18)19)8-4-7(16)1-2-9(8)15/h1-5,11H,(H2,20,21). The number of nitrogens with zero attached hydrogens (tertiary/aromatic N) is 1. The first-order valence-electron chi connectivity index (χ1n) is 5.78. The second-order valence-electron chi connectivity index (χ2n) is 4.24. The molecule has 2 N–H and O–H groups in total. The van der Waals surface area contributed by atoms with Gasteiger partial charge in [0.1, 0.15) is 5.82 Å². The Morgan fingerprint density at radius 2 is 1.95 bits per heavy atom. The van der Waals surface area contributed by atoms with Crippen molar-refractivity contribution < 1.29 is 22.3 Å². The zero-order valence-electron chi connectivity index (χ0n) is 10.7. The van der Waals surface area contributed by atoms with Gasteiger partial charge in [-0.25, -0.2) is 9.37 Å². The molecule has 118 valence electrons. The van der Waals surface area contributed by atoms with Crippen LogP contribution in [-0.2, 0) is 0 Å². The lowest BCUT2D eigenvalue weighted by atomic mass is 10.1. The van der Waals surface area contributed by atoms with Crippen LogP contribution in [0.4, 0.5) is 23.4 Å². The maximum atomic E-state index is 13.3. The molecule has 2 rings (SSSR count). The molecule has 1 aromatic heterocycles. The van der Waals surface area contributed by atoms with Gasteiger partial charge >= 0.3 is 6.18 Å². The van der Waals surface area contributed by atoms with Crippen molar-refractivity contribution in [3.8, 4) is 5.75 Å². The van der Waals surface area contributed by atoms with Gasteiger partial charge in [-0.15, -0.1) is 0 Å². The van der Waals surface area contributed by atoms with Crippen molar-refractivity contribution in [1.29, 1.82) is 0 Å². The summed E-state index contributed by atoms with van der Waals surface area (Å²) in [6, 6.07) is 3.88. The molecule has 1 atom stereocenters. The number of rotatable bonds is 3. The van der Waals surface area contributed by atoms with Crippen LogP contribution in [0.25, 0.3) is 0 Å². The molecule has 0 bridgehead atoms. The highest BCUT2D eigenvalue weighted by Gasteiger charge is 2.44. The van der Waals surface area contributed by atoms with E-state index in [2.05, 4.69) is 20.9 Å². The molecule has 0 saturated heterocycles. The number of hydrogen-bond donors (Lipinski definition) is 1. The van der Waals surface area contributed by atoms with Crippen molar-refractivity contribution in [1.82, 2.24) is 4.98 Å². The van der Waals surface area contributed by atoms with E-state index >= 15 is 0 Å². The highest BCUT2D eigenvalue weighted by atomic mass is 79.9. The predicted octanol–water partition coefficient (Wildman–Crippen LogP) is 4.90. The van der Waals surface area contributed by atoms with Crippen molar-refractivity contribution in [3.63, 3.8) is 0 Å². The van der Waals surface area contributed by atoms with Gasteiger partial charge in [-0.05, 0) is 40.2 Å². The summed E-state index contributed by atoms with van der Waals surface area (Å²) >= 11 is 8.79. The monoisotopic (exact) mass is 398 g/mol. The van der Waals surface area contributed by atoms with E-state index < -0.39 is 23.7 Å². The Bertz CT molecular complexity index is 696. The predicted molar refractivity (Wildman–Crippen MR) is 77.2 cm³/mol. The van der Waals surface area contributed by atoms with Gasteiger partial charge in [0.25, 0.3) is 0 Å². The van der Waals surface area contributed by atoms with Gasteiger partial charge in [0.15, 0.2) is 11.6 Å². The Kier molecular flexibility index (Phi) is 4.81. The quantitative estimate of drug-likeness (QED) is 0.747. The summed E-state index contributed by atoms with van der Waals surface area (Å²) in [5.41, 5.74) is 4.95. The summed E-state index contributed by atoms with van der Waals surface area (Å²) < 4.78 is 58.3. The minimum Gasteiger partial charge on any atom is -0.472 e. The third kappa shape index (κ3) is 3.80. The number of alkyl halides is 3. The fraction of sp³-hybridized carbons (Fsp3) is 0.154. The van der Waals surface area contributed by atoms with Gasteiger partial charge in [0.05, 0.1) is 0 Å². The largest absolute Gasteiger partial charge is 0.472 e. The molecule has 0 aliphatic heterocycles. The van der Waals surface area contributed by atoms with E-state index in [0.717, 1.165) is 12.1 Å². The topological polar surface area (TPSA) is 48.1 Å². The summed E-state index contributed by atoms with van der Waals surface area (Å²) in [6.07, 6.45) is -6.00. The first kappa shape index (κ1) is 16.8. The van der Waals surface area contributed by atoms with Crippen LogP contribution >= 0.6 is 27.5 Å². The molecule has 9 heteroatoms. The van der Waals surface area contributed by atoms with E-state index in [-0.39, 0.29) is 16.6 Å². The lowest BCUT2D eigenvalue weighted by molar-refractivity contribution is -0.197. The van der Waals surface area contributed by atoms with Crippen LogP contribution < -0.4 is 10.5 Å². The number of benzene rings is 1. The van der Waals surface area contributed by atoms with E-state index in [4.69, 9.17) is 22.1 Å². The summed E-state index contributed by atoms with van der Waals surface area (Å²) in [5.74, 6) is -1.39. The molecule has 1 aromatic carbocycles. The van der Waals surface area contributed by atoms with Crippen LogP contribution in [-0.4, -0.2) is 11.2 Å². The van der Waals surface area contributed by atoms with Gasteiger partial charge in [0, 0.05) is 21.3 Å². The Balaban J connectivity index is 2.48. The Labute approximate surface area is 136 Å². The summed E-state index contributed by atoms with van der Waals surface area (Å²) in [6.45, 7) is 0. The second kappa shape index (κ2) is 6.29. The molecule has 0 aliphatic rings. The fourth-order valence-corrected chi connectivity index (χ4v) is 2.20. The minimum absolute atomic E-state index is 0.232. The number of anilines is 1. The third-order valence-corrected chi connectivity index (χ3v) is 3.41. The van der Waals surface area contributed by atoms with Crippen LogP contribution in [0.3, 0.4) is 0 Å². The number of pyridine rings is 1. The van der Waals surface area contributed by atoms with E-state index in [1.54, 1.807) is 0 Å². The average Bonchev–Trinajstić information content (AvgIpc) is 2.41. The Morgan fingerprint density at radius 1 is 1.27 bits per heavy atom. The second-order valence-corrected chi connectivity index (χ2v) is 5.57.